The first-order valence-corrected chi connectivity index (χ1v) is 9.60. The van der Waals surface area contributed by atoms with Crippen LogP contribution in [0.4, 0.5) is 23.3 Å². The minimum absolute atomic E-state index is 0.00580. The van der Waals surface area contributed by atoms with Crippen LogP contribution in [0.15, 0.2) is 18.2 Å². The first-order chi connectivity index (χ1) is 13.9. The Morgan fingerprint density at radius 3 is 2.79 bits per heavy atom. The van der Waals surface area contributed by atoms with E-state index < -0.39 is 5.92 Å². The summed E-state index contributed by atoms with van der Waals surface area (Å²) in [5, 5.41) is 5.67. The van der Waals surface area contributed by atoms with E-state index in [1.807, 2.05) is 36.9 Å². The number of carbonyl (C=O) groups is 2. The number of nitrogens with zero attached hydrogens (tertiary/aromatic N) is 3. The van der Waals surface area contributed by atoms with Crippen molar-refractivity contribution in [3.8, 4) is 0 Å². The van der Waals surface area contributed by atoms with Crippen LogP contribution in [0.2, 0.25) is 0 Å². The summed E-state index contributed by atoms with van der Waals surface area (Å²) >= 11 is 0. The molecule has 4 rings (SSSR count). The number of nitrogen functional groups attached to an aromatic ring is 1. The molecule has 2 amide bonds. The van der Waals surface area contributed by atoms with Crippen LogP contribution in [0.25, 0.3) is 0 Å². The molecule has 0 saturated carbocycles. The highest BCUT2D eigenvalue weighted by atomic mass is 16.5. The smallest absolute Gasteiger partial charge is 0.232 e. The molecule has 1 saturated heterocycles. The first-order valence-electron chi connectivity index (χ1n) is 9.60. The predicted octanol–water partition coefficient (Wildman–Crippen LogP) is 1.58. The number of anilines is 4. The van der Waals surface area contributed by atoms with Crippen molar-refractivity contribution in [2.75, 3.05) is 47.6 Å². The molecule has 1 aromatic carbocycles. The highest BCUT2D eigenvalue weighted by molar-refractivity contribution is 6.05. The number of morpholine rings is 1. The van der Waals surface area contributed by atoms with Crippen LogP contribution >= 0.6 is 0 Å². The highest BCUT2D eigenvalue weighted by Crippen LogP contribution is 2.36. The van der Waals surface area contributed by atoms with Crippen molar-refractivity contribution in [1.82, 2.24) is 9.97 Å². The van der Waals surface area contributed by atoms with E-state index in [0.717, 1.165) is 11.1 Å². The standard InChI is InChI=1S/C20H24N6O3/c1-11-3-4-12(2)14(9-11)22-19(28)13-10-15(27)23-18-16(13)17(21)24-20(25-18)26-5-7-29-8-6-26/h3-4,9,13H,5-8,10H2,1-2H3,(H,22,28)(H3,21,23,24,25,27)/t13-/m0/s1. The Morgan fingerprint density at radius 2 is 2.03 bits per heavy atom. The summed E-state index contributed by atoms with van der Waals surface area (Å²) in [7, 11) is 0. The van der Waals surface area contributed by atoms with Crippen molar-refractivity contribution in [2.24, 2.45) is 0 Å². The number of hydrogen-bond acceptors (Lipinski definition) is 7. The molecule has 9 nitrogen and oxygen atoms in total. The van der Waals surface area contributed by atoms with Crippen molar-refractivity contribution in [3.63, 3.8) is 0 Å². The van der Waals surface area contributed by atoms with Crippen LogP contribution in [-0.4, -0.2) is 48.1 Å². The van der Waals surface area contributed by atoms with Crippen molar-refractivity contribution in [2.45, 2.75) is 26.2 Å². The Labute approximate surface area is 168 Å². The van der Waals surface area contributed by atoms with E-state index in [4.69, 9.17) is 10.5 Å². The molecule has 0 unspecified atom stereocenters. The van der Waals surface area contributed by atoms with Crippen molar-refractivity contribution >= 4 is 35.1 Å². The number of ether oxygens (including phenoxy) is 1. The molecular weight excluding hydrogens is 372 g/mol. The van der Waals surface area contributed by atoms with Gasteiger partial charge in [0, 0.05) is 25.2 Å². The topological polar surface area (TPSA) is 122 Å². The van der Waals surface area contributed by atoms with E-state index >= 15 is 0 Å². The van der Waals surface area contributed by atoms with Gasteiger partial charge in [-0.05, 0) is 31.0 Å². The lowest BCUT2D eigenvalue weighted by Crippen LogP contribution is -2.38. The number of rotatable bonds is 3. The number of benzene rings is 1. The summed E-state index contributed by atoms with van der Waals surface area (Å²) in [5.41, 5.74) is 9.38. The Hall–Kier alpha value is -3.20. The maximum Gasteiger partial charge on any atom is 0.232 e. The van der Waals surface area contributed by atoms with Gasteiger partial charge in [-0.2, -0.15) is 9.97 Å². The van der Waals surface area contributed by atoms with Gasteiger partial charge in [-0.3, -0.25) is 9.59 Å². The third-order valence-corrected chi connectivity index (χ3v) is 5.22. The van der Waals surface area contributed by atoms with Crippen LogP contribution in [0.1, 0.15) is 29.0 Å². The third-order valence-electron chi connectivity index (χ3n) is 5.22. The van der Waals surface area contributed by atoms with E-state index in [1.54, 1.807) is 0 Å². The predicted molar refractivity (Wildman–Crippen MR) is 110 cm³/mol. The second-order valence-electron chi connectivity index (χ2n) is 7.38. The fraction of sp³-hybridized carbons (Fsp3) is 0.400. The lowest BCUT2D eigenvalue weighted by atomic mass is 9.91. The van der Waals surface area contributed by atoms with Gasteiger partial charge in [0.1, 0.15) is 11.6 Å². The molecule has 1 atom stereocenters. The molecule has 1 fully saturated rings. The Kier molecular flexibility index (Phi) is 5.06. The summed E-state index contributed by atoms with van der Waals surface area (Å²) in [6.45, 7) is 6.31. The SMILES string of the molecule is Cc1ccc(C)c(NC(=O)[C@H]2CC(=O)Nc3nc(N4CCOCC4)nc(N)c32)c1. The molecule has 9 heteroatoms. The number of nitrogens with one attached hydrogen (secondary N) is 2. The van der Waals surface area contributed by atoms with Crippen LogP contribution in [0.3, 0.4) is 0 Å². The lowest BCUT2D eigenvalue weighted by molar-refractivity contribution is -0.123. The van der Waals surface area contributed by atoms with Crippen molar-refractivity contribution in [3.05, 3.63) is 34.9 Å². The molecule has 2 aliphatic heterocycles. The van der Waals surface area contributed by atoms with Gasteiger partial charge >= 0.3 is 0 Å². The molecule has 0 radical (unpaired) electrons. The summed E-state index contributed by atoms with van der Waals surface area (Å²) in [5.74, 6) is -0.388. The Bertz CT molecular complexity index is 971. The largest absolute Gasteiger partial charge is 0.383 e. The zero-order valence-electron chi connectivity index (χ0n) is 16.5. The number of carbonyl (C=O) groups excluding carboxylic acids is 2. The number of aryl methyl sites for hydroxylation is 2. The second-order valence-corrected chi connectivity index (χ2v) is 7.38. The summed E-state index contributed by atoms with van der Waals surface area (Å²) in [6.07, 6.45) is -0.00580. The normalized spacial score (nSPS) is 18.8. The maximum atomic E-state index is 13.0. The van der Waals surface area contributed by atoms with E-state index in [1.165, 1.54) is 0 Å². The van der Waals surface area contributed by atoms with Gasteiger partial charge < -0.3 is 26.0 Å². The summed E-state index contributed by atoms with van der Waals surface area (Å²) in [6, 6.07) is 5.82. The molecule has 2 aliphatic rings. The van der Waals surface area contributed by atoms with Crippen LogP contribution in [-0.2, 0) is 14.3 Å². The van der Waals surface area contributed by atoms with Gasteiger partial charge in [0.25, 0.3) is 0 Å². The third kappa shape index (κ3) is 3.86. The number of fused-ring (bicyclic) bond motifs is 1. The van der Waals surface area contributed by atoms with Gasteiger partial charge in [0.05, 0.1) is 24.7 Å². The van der Waals surface area contributed by atoms with Crippen LogP contribution < -0.4 is 21.3 Å². The number of aromatic nitrogens is 2. The molecule has 0 bridgehead atoms. The minimum atomic E-state index is -0.752. The fourth-order valence-electron chi connectivity index (χ4n) is 3.60. The fourth-order valence-corrected chi connectivity index (χ4v) is 3.60. The van der Waals surface area contributed by atoms with Crippen LogP contribution in [0.5, 0.6) is 0 Å². The molecular formula is C20H24N6O3. The van der Waals surface area contributed by atoms with Crippen molar-refractivity contribution < 1.29 is 14.3 Å². The summed E-state index contributed by atoms with van der Waals surface area (Å²) in [4.78, 5) is 36.2. The van der Waals surface area contributed by atoms with Crippen molar-refractivity contribution in [1.29, 1.82) is 0 Å². The monoisotopic (exact) mass is 396 g/mol. The highest BCUT2D eigenvalue weighted by Gasteiger charge is 2.35. The average molecular weight is 396 g/mol. The summed E-state index contributed by atoms with van der Waals surface area (Å²) < 4.78 is 5.35. The van der Waals surface area contributed by atoms with E-state index in [-0.39, 0.29) is 24.1 Å². The molecule has 1 aromatic heterocycles. The zero-order valence-corrected chi connectivity index (χ0v) is 16.5. The second kappa shape index (κ2) is 7.67. The minimum Gasteiger partial charge on any atom is -0.383 e. The number of amides is 2. The molecule has 3 heterocycles. The van der Waals surface area contributed by atoms with E-state index in [0.29, 0.717) is 49.3 Å². The molecule has 0 aliphatic carbocycles. The van der Waals surface area contributed by atoms with E-state index in [2.05, 4.69) is 20.6 Å². The molecule has 29 heavy (non-hydrogen) atoms. The average Bonchev–Trinajstić information content (AvgIpc) is 2.70. The molecule has 152 valence electrons. The van der Waals surface area contributed by atoms with E-state index in [9.17, 15) is 9.59 Å². The molecule has 4 N–H and O–H groups in total. The van der Waals surface area contributed by atoms with Gasteiger partial charge in [-0.25, -0.2) is 0 Å². The maximum absolute atomic E-state index is 13.0. The number of nitrogens with two attached hydrogens (primary N) is 1. The number of hydrogen-bond donors (Lipinski definition) is 3. The Balaban J connectivity index is 1.65. The molecule has 0 spiro atoms. The first kappa shape index (κ1) is 19.1. The van der Waals surface area contributed by atoms with Gasteiger partial charge in [0.15, 0.2) is 0 Å². The lowest BCUT2D eigenvalue weighted by Gasteiger charge is -2.30. The van der Waals surface area contributed by atoms with Crippen LogP contribution in [0, 0.1) is 13.8 Å². The quantitative estimate of drug-likeness (QED) is 0.720. The molecule has 2 aromatic rings. The zero-order chi connectivity index (χ0) is 20.5. The van der Waals surface area contributed by atoms with Gasteiger partial charge in [-0.15, -0.1) is 0 Å². The Morgan fingerprint density at radius 1 is 1.28 bits per heavy atom. The van der Waals surface area contributed by atoms with Gasteiger partial charge in [0.2, 0.25) is 17.8 Å². The van der Waals surface area contributed by atoms with Gasteiger partial charge in [-0.1, -0.05) is 12.1 Å².